The normalized spacial score (nSPS) is 14.7. The average Bonchev–Trinajstić information content (AvgIpc) is 4.01. The molecule has 1 unspecified atom stereocenters. The molecule has 2 aromatic heterocycles. The molecule has 1 aliphatic carbocycles. The maximum absolute atomic E-state index is 6.60. The summed E-state index contributed by atoms with van der Waals surface area (Å²) in [7, 11) is 0. The SMILES string of the molecule is C1=C(c2ccc(N(c3ccc(-c4cccc5ccccc45)cc3)c3cccc4c3oc3ccccc34)cc2)C=C2Oc3ccc4nc(-c5ccccc5)oc4c3C2C1. The number of hydrogen-bond donors (Lipinski definition) is 0. The van der Waals surface area contributed by atoms with Gasteiger partial charge in [0.2, 0.25) is 5.89 Å². The van der Waals surface area contributed by atoms with Gasteiger partial charge in [0.05, 0.1) is 17.2 Å². The van der Waals surface area contributed by atoms with E-state index in [2.05, 4.69) is 138 Å². The van der Waals surface area contributed by atoms with E-state index in [4.69, 9.17) is 18.6 Å². The number of nitrogens with zero attached hydrogens (tertiary/aromatic N) is 2. The molecule has 0 saturated heterocycles. The van der Waals surface area contributed by atoms with Gasteiger partial charge in [0.1, 0.15) is 22.6 Å². The van der Waals surface area contributed by atoms with Crippen molar-refractivity contribution >= 4 is 66.4 Å². The number of allylic oxidation sites excluding steroid dienone is 4. The van der Waals surface area contributed by atoms with Gasteiger partial charge in [0.25, 0.3) is 0 Å². The average molecular weight is 747 g/mol. The highest BCUT2D eigenvalue weighted by molar-refractivity contribution is 6.10. The van der Waals surface area contributed by atoms with Crippen LogP contribution in [0.2, 0.25) is 0 Å². The minimum absolute atomic E-state index is 0.0786. The van der Waals surface area contributed by atoms with Crippen molar-refractivity contribution < 1.29 is 13.6 Å². The molecule has 0 radical (unpaired) electrons. The number of fused-ring (bicyclic) bond motifs is 9. The van der Waals surface area contributed by atoms with Crippen molar-refractivity contribution in [1.82, 2.24) is 4.98 Å². The van der Waals surface area contributed by atoms with Crippen molar-refractivity contribution in [3.63, 3.8) is 0 Å². The Labute approximate surface area is 334 Å². The summed E-state index contributed by atoms with van der Waals surface area (Å²) >= 11 is 0. The molecule has 1 atom stereocenters. The lowest BCUT2D eigenvalue weighted by atomic mass is 9.87. The second kappa shape index (κ2) is 13.0. The second-order valence-electron chi connectivity index (χ2n) is 15.0. The van der Waals surface area contributed by atoms with Crippen molar-refractivity contribution in [2.24, 2.45) is 0 Å². The van der Waals surface area contributed by atoms with E-state index in [0.717, 1.165) is 90.3 Å². The second-order valence-corrected chi connectivity index (χ2v) is 15.0. The number of para-hydroxylation sites is 2. The monoisotopic (exact) mass is 746 g/mol. The fourth-order valence-corrected chi connectivity index (χ4v) is 8.89. The molecule has 0 bridgehead atoms. The summed E-state index contributed by atoms with van der Waals surface area (Å²) in [5.41, 5.74) is 13.1. The van der Waals surface area contributed by atoms with Gasteiger partial charge in [0.15, 0.2) is 11.2 Å². The molecule has 10 aromatic rings. The summed E-state index contributed by atoms with van der Waals surface area (Å²) in [6.45, 7) is 0. The number of anilines is 3. The molecule has 0 amide bonds. The van der Waals surface area contributed by atoms with Gasteiger partial charge >= 0.3 is 0 Å². The molecule has 0 fully saturated rings. The van der Waals surface area contributed by atoms with Crippen LogP contribution in [0.15, 0.2) is 203 Å². The highest BCUT2D eigenvalue weighted by atomic mass is 16.5. The molecular weight excluding hydrogens is 713 g/mol. The molecule has 0 N–H and O–H groups in total. The van der Waals surface area contributed by atoms with Gasteiger partial charge in [-0.25, -0.2) is 4.98 Å². The molecule has 8 aromatic carbocycles. The van der Waals surface area contributed by atoms with Gasteiger partial charge in [0, 0.05) is 27.7 Å². The Hall–Kier alpha value is -7.63. The molecule has 274 valence electrons. The number of aromatic nitrogens is 1. The Morgan fingerprint density at radius 3 is 2.09 bits per heavy atom. The Balaban J connectivity index is 0.905. The molecule has 1 aliphatic heterocycles. The molecule has 2 aliphatic rings. The predicted molar refractivity (Wildman–Crippen MR) is 235 cm³/mol. The largest absolute Gasteiger partial charge is 0.461 e. The van der Waals surface area contributed by atoms with Crippen LogP contribution in [0.5, 0.6) is 5.75 Å². The van der Waals surface area contributed by atoms with Crippen LogP contribution in [-0.4, -0.2) is 4.98 Å². The Morgan fingerprint density at radius 2 is 1.24 bits per heavy atom. The van der Waals surface area contributed by atoms with E-state index in [0.29, 0.717) is 5.89 Å². The minimum atomic E-state index is 0.0786. The van der Waals surface area contributed by atoms with Crippen LogP contribution in [0, 0.1) is 0 Å². The Morgan fingerprint density at radius 1 is 0.534 bits per heavy atom. The molecule has 12 rings (SSSR count). The van der Waals surface area contributed by atoms with Gasteiger partial charge < -0.3 is 18.5 Å². The topological polar surface area (TPSA) is 51.6 Å². The lowest BCUT2D eigenvalue weighted by Gasteiger charge is -2.26. The zero-order valence-electron chi connectivity index (χ0n) is 31.3. The number of hydrogen-bond acceptors (Lipinski definition) is 5. The van der Waals surface area contributed by atoms with Crippen LogP contribution >= 0.6 is 0 Å². The van der Waals surface area contributed by atoms with Crippen molar-refractivity contribution in [2.45, 2.75) is 12.3 Å². The van der Waals surface area contributed by atoms with Gasteiger partial charge in [-0.05, 0) is 106 Å². The van der Waals surface area contributed by atoms with Crippen molar-refractivity contribution in [2.75, 3.05) is 4.90 Å². The van der Waals surface area contributed by atoms with Crippen LogP contribution in [-0.2, 0) is 0 Å². The van der Waals surface area contributed by atoms with Gasteiger partial charge in [-0.2, -0.15) is 0 Å². The van der Waals surface area contributed by atoms with E-state index >= 15 is 0 Å². The third-order valence-electron chi connectivity index (χ3n) is 11.7. The molecule has 5 nitrogen and oxygen atoms in total. The smallest absolute Gasteiger partial charge is 0.227 e. The molecular formula is C53H34N2O3. The van der Waals surface area contributed by atoms with E-state index in [-0.39, 0.29) is 5.92 Å². The van der Waals surface area contributed by atoms with Crippen LogP contribution < -0.4 is 9.64 Å². The highest BCUT2D eigenvalue weighted by Gasteiger charge is 2.35. The summed E-state index contributed by atoms with van der Waals surface area (Å²) in [4.78, 5) is 7.12. The first-order chi connectivity index (χ1) is 28.7. The first-order valence-electron chi connectivity index (χ1n) is 19.7. The number of benzene rings is 8. The van der Waals surface area contributed by atoms with Crippen LogP contribution in [0.25, 0.3) is 72.0 Å². The highest BCUT2D eigenvalue weighted by Crippen LogP contribution is 2.50. The van der Waals surface area contributed by atoms with E-state index in [9.17, 15) is 0 Å². The molecule has 58 heavy (non-hydrogen) atoms. The number of furan rings is 1. The van der Waals surface area contributed by atoms with E-state index in [1.54, 1.807) is 0 Å². The minimum Gasteiger partial charge on any atom is -0.461 e. The fourth-order valence-electron chi connectivity index (χ4n) is 8.89. The van der Waals surface area contributed by atoms with Crippen LogP contribution in [0.4, 0.5) is 17.1 Å². The summed E-state index contributed by atoms with van der Waals surface area (Å²) < 4.78 is 19.5. The maximum Gasteiger partial charge on any atom is 0.227 e. The maximum atomic E-state index is 6.60. The summed E-state index contributed by atoms with van der Waals surface area (Å²) in [5, 5.41) is 4.67. The van der Waals surface area contributed by atoms with Gasteiger partial charge in [-0.15, -0.1) is 0 Å². The molecule has 3 heterocycles. The zero-order chi connectivity index (χ0) is 38.2. The first kappa shape index (κ1) is 32.6. The zero-order valence-corrected chi connectivity index (χ0v) is 31.3. The van der Waals surface area contributed by atoms with E-state index in [1.165, 1.54) is 21.9 Å². The van der Waals surface area contributed by atoms with Crippen LogP contribution in [0.3, 0.4) is 0 Å². The molecule has 0 saturated carbocycles. The number of oxazole rings is 1. The van der Waals surface area contributed by atoms with E-state index in [1.807, 2.05) is 54.6 Å². The molecule has 5 heteroatoms. The third kappa shape index (κ3) is 5.21. The summed E-state index contributed by atoms with van der Waals surface area (Å²) in [5.74, 6) is 2.48. The Kier molecular flexibility index (Phi) is 7.29. The lowest BCUT2D eigenvalue weighted by Crippen LogP contribution is -2.10. The summed E-state index contributed by atoms with van der Waals surface area (Å²) in [6, 6.07) is 61.5. The van der Waals surface area contributed by atoms with Crippen molar-refractivity contribution in [3.05, 3.63) is 205 Å². The predicted octanol–water partition coefficient (Wildman–Crippen LogP) is 14.5. The quantitative estimate of drug-likeness (QED) is 0.170. The first-order valence-corrected chi connectivity index (χ1v) is 19.7. The third-order valence-corrected chi connectivity index (χ3v) is 11.7. The van der Waals surface area contributed by atoms with Crippen molar-refractivity contribution in [3.8, 4) is 28.3 Å². The van der Waals surface area contributed by atoms with E-state index < -0.39 is 0 Å². The Bertz CT molecular complexity index is 3280. The van der Waals surface area contributed by atoms with Gasteiger partial charge in [-0.1, -0.05) is 121 Å². The number of rotatable bonds is 6. The molecule has 0 spiro atoms. The van der Waals surface area contributed by atoms with Crippen LogP contribution in [0.1, 0.15) is 23.5 Å². The van der Waals surface area contributed by atoms with Gasteiger partial charge in [-0.3, -0.25) is 0 Å². The van der Waals surface area contributed by atoms with Crippen molar-refractivity contribution in [1.29, 1.82) is 0 Å². The lowest BCUT2D eigenvalue weighted by molar-refractivity contribution is 0.426. The fraction of sp³-hybridized carbons (Fsp3) is 0.0377. The summed E-state index contributed by atoms with van der Waals surface area (Å²) in [6.07, 6.45) is 5.30. The number of ether oxygens (including phenoxy) is 1. The standard InChI is InChI=1S/C53H34N2O3/c1-2-11-36(12-3-1)53-54-45-30-31-48-50(52(45)58-53)44-29-24-37(32-49(44)56-48)33-20-25-38(26-21-33)55(46-18-9-17-43-42-15-6-7-19-47(42)57-51(43)46)39-27-22-35(23-28-39)41-16-8-13-34-10-4-5-14-40(34)41/h1-28,30-32,44H,29H2.